The fourth-order valence-electron chi connectivity index (χ4n) is 4.06. The first kappa shape index (κ1) is 28.3. The third kappa shape index (κ3) is 5.52. The summed E-state index contributed by atoms with van der Waals surface area (Å²) in [5.41, 5.74) is -1.33. The summed E-state index contributed by atoms with van der Waals surface area (Å²) in [6.07, 6.45) is -20.7. The molecule has 3 saturated heterocycles. The van der Waals surface area contributed by atoms with Crippen LogP contribution in [0.3, 0.4) is 0 Å². The van der Waals surface area contributed by atoms with Crippen LogP contribution < -0.4 is 0 Å². The van der Waals surface area contributed by atoms with Crippen LogP contribution in [0.25, 0.3) is 0 Å². The summed E-state index contributed by atoms with van der Waals surface area (Å²) < 4.78 is 21.3. The maximum atomic E-state index is 10.7. The summed E-state index contributed by atoms with van der Waals surface area (Å²) >= 11 is 0.681. The van der Waals surface area contributed by atoms with Crippen LogP contribution in [0.5, 0.6) is 0 Å². The van der Waals surface area contributed by atoms with Crippen molar-refractivity contribution in [3.63, 3.8) is 0 Å². The van der Waals surface area contributed by atoms with Crippen molar-refractivity contribution in [3.8, 4) is 0 Å². The van der Waals surface area contributed by atoms with E-state index in [0.29, 0.717) is 11.8 Å². The third-order valence-electron chi connectivity index (χ3n) is 6.09. The zero-order valence-electron chi connectivity index (χ0n) is 17.7. The highest BCUT2D eigenvalue weighted by Crippen LogP contribution is 2.38. The Morgan fingerprint density at radius 3 is 1.76 bits per heavy atom. The monoisotopic (exact) mass is 520 g/mol. The molecular weight excluding hydrogens is 488 g/mol. The van der Waals surface area contributed by atoms with E-state index >= 15 is 0 Å². The second kappa shape index (κ2) is 11.9. The number of rotatable bonds is 7. The minimum absolute atomic E-state index is 0.657. The first-order chi connectivity index (χ1) is 16.0. The Morgan fingerprint density at radius 1 is 0.559 bits per heavy atom. The second-order valence-corrected chi connectivity index (χ2v) is 9.62. The highest BCUT2D eigenvalue weighted by atomic mass is 32.2. The summed E-state index contributed by atoms with van der Waals surface area (Å²) in [7, 11) is 0. The molecule has 0 aliphatic carbocycles. The van der Waals surface area contributed by atoms with Gasteiger partial charge >= 0.3 is 0 Å². The normalized spacial score (nSPS) is 52.5. The molecule has 0 bridgehead atoms. The van der Waals surface area contributed by atoms with E-state index in [4.69, 9.17) is 18.9 Å². The van der Waals surface area contributed by atoms with E-state index < -0.39 is 110 Å². The maximum Gasteiger partial charge on any atom is 0.187 e. The van der Waals surface area contributed by atoms with E-state index in [1.165, 1.54) is 0 Å². The molecule has 3 fully saturated rings. The topological polar surface area (TPSA) is 259 Å². The summed E-state index contributed by atoms with van der Waals surface area (Å²) in [5, 5.41) is 109. The van der Waals surface area contributed by atoms with Crippen molar-refractivity contribution in [2.45, 2.75) is 90.4 Å². The third-order valence-corrected chi connectivity index (χ3v) is 7.65. The van der Waals surface area contributed by atoms with Gasteiger partial charge in [-0.25, -0.2) is 0 Å². The number of hydrogen-bond donors (Lipinski definition) is 11. The predicted octanol–water partition coefficient (Wildman–Crippen LogP) is -6.86. The Kier molecular flexibility index (Phi) is 9.88. The summed E-state index contributed by atoms with van der Waals surface area (Å²) in [6, 6.07) is 0. The van der Waals surface area contributed by atoms with Crippen molar-refractivity contribution in [1.29, 1.82) is 0 Å². The van der Waals surface area contributed by atoms with E-state index in [0.717, 1.165) is 0 Å². The van der Waals surface area contributed by atoms with Crippen LogP contribution in [0.1, 0.15) is 0 Å². The zero-order chi connectivity index (χ0) is 25.3. The molecule has 0 spiro atoms. The second-order valence-electron chi connectivity index (χ2n) is 8.33. The molecule has 34 heavy (non-hydrogen) atoms. The fraction of sp³-hybridized carbons (Fsp3) is 1.00. The van der Waals surface area contributed by atoms with Gasteiger partial charge in [0.25, 0.3) is 0 Å². The van der Waals surface area contributed by atoms with Gasteiger partial charge in [-0.05, 0) is 0 Å². The molecular formula is C18H32O15S. The van der Waals surface area contributed by atoms with Crippen LogP contribution in [0, 0.1) is 0 Å². The quantitative estimate of drug-likeness (QED) is 0.149. The SMILES string of the molecule is OC[C@H]1O[C@@H](O[C@H]2[C@H](O)[C@@H](O)[C@H](S[C@H]3[C@H](O)[C@@H](O)[C@H](O)O[C@@H]3CO)O[C@@H]2CO)[C@H](O)[C@@H](O)[C@@H]1O. The number of hydrogen-bond acceptors (Lipinski definition) is 16. The van der Waals surface area contributed by atoms with Gasteiger partial charge in [0.1, 0.15) is 60.4 Å². The van der Waals surface area contributed by atoms with Gasteiger partial charge in [-0.2, -0.15) is 0 Å². The standard InChI is InChI=1S/C18H32O15S/c19-1-4-7(22)8(23)12(27)17(31-4)33-14-5(2-20)32-18(13(28)9(14)24)34-15-6(3-21)30-16(29)11(26)10(15)25/h4-29H,1-3H2/t4-,5-,6-,7-,8+,9-,10-,11-,12-,13-,14-,15-,16-,17+,18+/m1/s1. The van der Waals surface area contributed by atoms with Crippen LogP contribution in [0.4, 0.5) is 0 Å². The molecule has 3 aliphatic rings. The molecule has 0 amide bonds. The Hall–Kier alpha value is -0.250. The average Bonchev–Trinajstić information content (AvgIpc) is 2.83. The number of ether oxygens (including phenoxy) is 4. The Morgan fingerprint density at radius 2 is 1.18 bits per heavy atom. The van der Waals surface area contributed by atoms with Crippen molar-refractivity contribution in [3.05, 3.63) is 0 Å². The minimum atomic E-state index is -1.80. The van der Waals surface area contributed by atoms with Gasteiger partial charge in [0, 0.05) is 0 Å². The van der Waals surface area contributed by atoms with E-state index in [2.05, 4.69) is 0 Å². The molecule has 3 heterocycles. The molecule has 3 rings (SSSR count). The molecule has 15 atom stereocenters. The molecule has 16 heteroatoms. The Balaban J connectivity index is 1.72. The van der Waals surface area contributed by atoms with Crippen LogP contribution >= 0.6 is 11.8 Å². The van der Waals surface area contributed by atoms with Gasteiger partial charge in [-0.1, -0.05) is 0 Å². The molecule has 200 valence electrons. The lowest BCUT2D eigenvalue weighted by molar-refractivity contribution is -0.338. The highest BCUT2D eigenvalue weighted by molar-refractivity contribution is 8.00. The molecule has 11 N–H and O–H groups in total. The van der Waals surface area contributed by atoms with Gasteiger partial charge < -0.3 is 75.1 Å². The Bertz CT molecular complexity index is 640. The zero-order valence-corrected chi connectivity index (χ0v) is 18.6. The lowest BCUT2D eigenvalue weighted by atomic mass is 9.97. The first-order valence-electron chi connectivity index (χ1n) is 10.6. The maximum absolute atomic E-state index is 10.7. The van der Waals surface area contributed by atoms with Gasteiger partial charge in [0.2, 0.25) is 0 Å². The lowest BCUT2D eigenvalue weighted by Gasteiger charge is -2.47. The molecule has 0 aromatic heterocycles. The first-order valence-corrected chi connectivity index (χ1v) is 11.5. The van der Waals surface area contributed by atoms with Gasteiger partial charge in [0.15, 0.2) is 12.6 Å². The van der Waals surface area contributed by atoms with E-state index in [1.807, 2.05) is 0 Å². The fourth-order valence-corrected chi connectivity index (χ4v) is 5.54. The van der Waals surface area contributed by atoms with Gasteiger partial charge in [0.05, 0.1) is 37.3 Å². The largest absolute Gasteiger partial charge is 0.394 e. The smallest absolute Gasteiger partial charge is 0.187 e. The highest BCUT2D eigenvalue weighted by Gasteiger charge is 2.52. The van der Waals surface area contributed by atoms with Crippen LogP contribution in [-0.4, -0.2) is 166 Å². The van der Waals surface area contributed by atoms with E-state index in [1.54, 1.807) is 0 Å². The van der Waals surface area contributed by atoms with Crippen LogP contribution in [0.15, 0.2) is 0 Å². The van der Waals surface area contributed by atoms with Crippen molar-refractivity contribution >= 4 is 11.8 Å². The van der Waals surface area contributed by atoms with Crippen molar-refractivity contribution < 1.29 is 75.1 Å². The molecule has 0 radical (unpaired) electrons. The molecule has 0 unspecified atom stereocenters. The molecule has 3 aliphatic heterocycles. The predicted molar refractivity (Wildman–Crippen MR) is 108 cm³/mol. The Labute approximate surface area is 197 Å². The number of thioether (sulfide) groups is 1. The molecule has 15 nitrogen and oxygen atoms in total. The number of aliphatic hydroxyl groups is 11. The molecule has 0 aromatic rings. The van der Waals surface area contributed by atoms with Crippen LogP contribution in [-0.2, 0) is 18.9 Å². The van der Waals surface area contributed by atoms with Crippen LogP contribution in [0.2, 0.25) is 0 Å². The van der Waals surface area contributed by atoms with Gasteiger partial charge in [-0.3, -0.25) is 0 Å². The van der Waals surface area contributed by atoms with Crippen molar-refractivity contribution in [2.24, 2.45) is 0 Å². The van der Waals surface area contributed by atoms with Crippen molar-refractivity contribution in [2.75, 3.05) is 19.8 Å². The number of aliphatic hydroxyl groups excluding tert-OH is 11. The minimum Gasteiger partial charge on any atom is -0.394 e. The van der Waals surface area contributed by atoms with Gasteiger partial charge in [-0.15, -0.1) is 11.8 Å². The average molecular weight is 521 g/mol. The van der Waals surface area contributed by atoms with E-state index in [9.17, 15) is 56.2 Å². The van der Waals surface area contributed by atoms with E-state index in [-0.39, 0.29) is 0 Å². The molecule has 0 saturated carbocycles. The van der Waals surface area contributed by atoms with Crippen molar-refractivity contribution in [1.82, 2.24) is 0 Å². The summed E-state index contributed by atoms with van der Waals surface area (Å²) in [4.78, 5) is 0. The summed E-state index contributed by atoms with van der Waals surface area (Å²) in [5.74, 6) is 0. The molecule has 0 aromatic carbocycles. The lowest BCUT2D eigenvalue weighted by Crippen LogP contribution is -2.64. The summed E-state index contributed by atoms with van der Waals surface area (Å²) in [6.45, 7) is -2.13.